The molecule has 0 unspecified atom stereocenters. The van der Waals surface area contributed by atoms with Crippen LogP contribution in [0.25, 0.3) is 0 Å². The monoisotopic (exact) mass is 223 g/mol. The van der Waals surface area contributed by atoms with Crippen LogP contribution in [0.15, 0.2) is 58.8 Å². The average Bonchev–Trinajstić information content (AvgIpc) is 2.39. The number of nitrogens with zero attached hydrogens (tertiary/aromatic N) is 3. The predicted molar refractivity (Wildman–Crippen MR) is 63.4 cm³/mol. The summed E-state index contributed by atoms with van der Waals surface area (Å²) in [4.78, 5) is 0. The molecule has 1 N–H and O–H groups in total. The first-order chi connectivity index (χ1) is 8.28. The van der Waals surface area contributed by atoms with Crippen molar-refractivity contribution in [2.75, 3.05) is 0 Å². The van der Waals surface area contributed by atoms with Crippen LogP contribution < -0.4 is 0 Å². The Kier molecular flexibility index (Phi) is 3.13. The molecule has 0 aromatic heterocycles. The summed E-state index contributed by atoms with van der Waals surface area (Å²) < 4.78 is 0. The van der Waals surface area contributed by atoms with Gasteiger partial charge in [-0.05, 0) is 48.5 Å². The summed E-state index contributed by atoms with van der Waals surface area (Å²) in [7, 11) is 0. The van der Waals surface area contributed by atoms with Gasteiger partial charge in [-0.25, -0.2) is 0 Å². The van der Waals surface area contributed by atoms with Gasteiger partial charge in [0.2, 0.25) is 0 Å². The van der Waals surface area contributed by atoms with Gasteiger partial charge in [-0.15, -0.1) is 0 Å². The van der Waals surface area contributed by atoms with Gasteiger partial charge < -0.3 is 5.11 Å². The zero-order chi connectivity index (χ0) is 12.1. The van der Waals surface area contributed by atoms with E-state index in [0.717, 1.165) is 0 Å². The van der Waals surface area contributed by atoms with E-state index >= 15 is 0 Å². The fraction of sp³-hybridized carbons (Fsp3) is 0. The molecule has 0 amide bonds. The Bertz CT molecular complexity index is 565. The Balaban J connectivity index is 2.14. The molecule has 2 aromatic carbocycles. The molecule has 0 fully saturated rings. The summed E-state index contributed by atoms with van der Waals surface area (Å²) in [5.74, 6) is 0.197. The zero-order valence-electron chi connectivity index (χ0n) is 8.91. The maximum absolute atomic E-state index is 9.10. The van der Waals surface area contributed by atoms with Gasteiger partial charge in [-0.3, -0.25) is 0 Å². The fourth-order valence-electron chi connectivity index (χ4n) is 1.24. The van der Waals surface area contributed by atoms with E-state index in [4.69, 9.17) is 10.4 Å². The molecule has 2 rings (SSSR count). The molecule has 0 heterocycles. The lowest BCUT2D eigenvalue weighted by molar-refractivity contribution is 0.475. The maximum Gasteiger partial charge on any atom is 0.115 e. The molecule has 4 nitrogen and oxygen atoms in total. The van der Waals surface area contributed by atoms with Crippen molar-refractivity contribution in [2.45, 2.75) is 0 Å². The van der Waals surface area contributed by atoms with Crippen molar-refractivity contribution in [3.05, 3.63) is 54.1 Å². The summed E-state index contributed by atoms with van der Waals surface area (Å²) in [6.45, 7) is 0. The van der Waals surface area contributed by atoms with Gasteiger partial charge in [0.15, 0.2) is 0 Å². The van der Waals surface area contributed by atoms with Gasteiger partial charge in [0.1, 0.15) is 5.75 Å². The molecule has 0 saturated carbocycles. The Morgan fingerprint density at radius 2 is 1.29 bits per heavy atom. The van der Waals surface area contributed by atoms with Crippen LogP contribution in [0.5, 0.6) is 5.75 Å². The molecule has 0 atom stereocenters. The van der Waals surface area contributed by atoms with Crippen molar-refractivity contribution >= 4 is 11.4 Å². The van der Waals surface area contributed by atoms with Crippen LogP contribution in [0.4, 0.5) is 11.4 Å². The largest absolute Gasteiger partial charge is 0.508 e. The first kappa shape index (κ1) is 10.8. The third kappa shape index (κ3) is 2.89. The molecule has 4 heteroatoms. The third-order valence-corrected chi connectivity index (χ3v) is 2.13. The quantitative estimate of drug-likeness (QED) is 0.789. The number of benzene rings is 2. The minimum Gasteiger partial charge on any atom is -0.508 e. The summed E-state index contributed by atoms with van der Waals surface area (Å²) in [5.41, 5.74) is 1.93. The third-order valence-electron chi connectivity index (χ3n) is 2.13. The van der Waals surface area contributed by atoms with Crippen LogP contribution in [0.2, 0.25) is 0 Å². The summed E-state index contributed by atoms with van der Waals surface area (Å²) in [6.07, 6.45) is 0. The van der Waals surface area contributed by atoms with E-state index in [0.29, 0.717) is 16.9 Å². The molecular formula is C13H9N3O. The second-order valence-electron chi connectivity index (χ2n) is 3.38. The predicted octanol–water partition coefficient (Wildman–Crippen LogP) is 3.68. The zero-order valence-corrected chi connectivity index (χ0v) is 8.91. The van der Waals surface area contributed by atoms with Crippen LogP contribution in [0.3, 0.4) is 0 Å². The van der Waals surface area contributed by atoms with Gasteiger partial charge >= 0.3 is 0 Å². The van der Waals surface area contributed by atoms with E-state index in [1.165, 1.54) is 0 Å². The van der Waals surface area contributed by atoms with Crippen molar-refractivity contribution in [3.8, 4) is 11.8 Å². The SMILES string of the molecule is N#Cc1ccc(/N=N/c2ccc(O)cc2)cc1. The number of phenolic OH excluding ortho intramolecular Hbond substituents is 1. The number of aromatic hydroxyl groups is 1. The molecule has 0 bridgehead atoms. The highest BCUT2D eigenvalue weighted by molar-refractivity contribution is 5.44. The minimum atomic E-state index is 0.197. The highest BCUT2D eigenvalue weighted by Gasteiger charge is 1.92. The average molecular weight is 223 g/mol. The van der Waals surface area contributed by atoms with E-state index in [2.05, 4.69) is 10.2 Å². The Morgan fingerprint density at radius 3 is 1.76 bits per heavy atom. The Morgan fingerprint density at radius 1 is 0.824 bits per heavy atom. The van der Waals surface area contributed by atoms with Crippen molar-refractivity contribution < 1.29 is 5.11 Å². The summed E-state index contributed by atoms with van der Waals surface area (Å²) >= 11 is 0. The molecule has 0 radical (unpaired) electrons. The van der Waals surface area contributed by atoms with E-state index in [1.807, 2.05) is 6.07 Å². The number of hydrogen-bond donors (Lipinski definition) is 1. The minimum absolute atomic E-state index is 0.197. The standard InChI is InChI=1S/C13H9N3O/c14-9-10-1-3-11(4-2-10)15-16-12-5-7-13(17)8-6-12/h1-8,17H/b16-15+. The van der Waals surface area contributed by atoms with E-state index in [9.17, 15) is 0 Å². The lowest BCUT2D eigenvalue weighted by Crippen LogP contribution is -1.70. The fourth-order valence-corrected chi connectivity index (χ4v) is 1.24. The second kappa shape index (κ2) is 4.90. The van der Waals surface area contributed by atoms with Gasteiger partial charge in [0.05, 0.1) is 23.0 Å². The smallest absolute Gasteiger partial charge is 0.115 e. The second-order valence-corrected chi connectivity index (χ2v) is 3.38. The van der Waals surface area contributed by atoms with Crippen LogP contribution in [0, 0.1) is 11.3 Å². The van der Waals surface area contributed by atoms with Gasteiger partial charge in [0, 0.05) is 0 Å². The molecule has 17 heavy (non-hydrogen) atoms. The van der Waals surface area contributed by atoms with Crippen molar-refractivity contribution in [1.29, 1.82) is 5.26 Å². The van der Waals surface area contributed by atoms with Crippen molar-refractivity contribution in [2.24, 2.45) is 10.2 Å². The van der Waals surface area contributed by atoms with Crippen molar-refractivity contribution in [1.82, 2.24) is 0 Å². The van der Waals surface area contributed by atoms with E-state index in [-0.39, 0.29) is 5.75 Å². The highest BCUT2D eigenvalue weighted by atomic mass is 16.3. The Labute approximate surface area is 98.5 Å². The molecule has 0 saturated heterocycles. The van der Waals surface area contributed by atoms with Crippen molar-refractivity contribution in [3.63, 3.8) is 0 Å². The normalized spacial score (nSPS) is 10.3. The first-order valence-electron chi connectivity index (χ1n) is 4.99. The van der Waals surface area contributed by atoms with Crippen LogP contribution in [0.1, 0.15) is 5.56 Å². The number of azo groups is 1. The number of hydrogen-bond acceptors (Lipinski definition) is 4. The molecule has 0 spiro atoms. The number of nitriles is 1. The van der Waals surface area contributed by atoms with Crippen LogP contribution in [-0.2, 0) is 0 Å². The van der Waals surface area contributed by atoms with Gasteiger partial charge in [0.25, 0.3) is 0 Å². The summed E-state index contributed by atoms with van der Waals surface area (Å²) in [6, 6.07) is 15.3. The highest BCUT2D eigenvalue weighted by Crippen LogP contribution is 2.20. The lowest BCUT2D eigenvalue weighted by Gasteiger charge is -1.94. The maximum atomic E-state index is 9.10. The summed E-state index contributed by atoms with van der Waals surface area (Å²) in [5, 5.41) is 25.8. The molecule has 0 aliphatic rings. The van der Waals surface area contributed by atoms with Gasteiger partial charge in [-0.1, -0.05) is 0 Å². The van der Waals surface area contributed by atoms with E-state index in [1.54, 1.807) is 48.5 Å². The molecular weight excluding hydrogens is 214 g/mol. The number of phenols is 1. The number of rotatable bonds is 2. The van der Waals surface area contributed by atoms with Crippen LogP contribution >= 0.6 is 0 Å². The first-order valence-corrected chi connectivity index (χ1v) is 4.99. The topological polar surface area (TPSA) is 68.7 Å². The molecule has 82 valence electrons. The lowest BCUT2D eigenvalue weighted by atomic mass is 10.2. The van der Waals surface area contributed by atoms with Crippen LogP contribution in [-0.4, -0.2) is 5.11 Å². The molecule has 0 aliphatic heterocycles. The Hall–Kier alpha value is -2.67. The van der Waals surface area contributed by atoms with E-state index < -0.39 is 0 Å². The van der Waals surface area contributed by atoms with Gasteiger partial charge in [-0.2, -0.15) is 15.5 Å². The molecule has 2 aromatic rings. The molecule has 0 aliphatic carbocycles.